The summed E-state index contributed by atoms with van der Waals surface area (Å²) in [5.41, 5.74) is 1.36. The first-order chi connectivity index (χ1) is 9.13. The summed E-state index contributed by atoms with van der Waals surface area (Å²) in [4.78, 5) is 34.7. The maximum atomic E-state index is 11.9. The van der Waals surface area contributed by atoms with Gasteiger partial charge in [0.1, 0.15) is 0 Å². The summed E-state index contributed by atoms with van der Waals surface area (Å²) in [6, 6.07) is 3.05. The molecule has 0 atom stereocenters. The number of hydrogen-bond donors (Lipinski definition) is 0. The molecular formula is C14H17NO4. The fourth-order valence-corrected chi connectivity index (χ4v) is 2.42. The van der Waals surface area contributed by atoms with Crippen LogP contribution in [-0.2, 0) is 22.5 Å². The van der Waals surface area contributed by atoms with Crippen LogP contribution in [0.4, 0.5) is 0 Å². The summed E-state index contributed by atoms with van der Waals surface area (Å²) in [7, 11) is 1.34. The lowest BCUT2D eigenvalue weighted by Crippen LogP contribution is -2.28. The zero-order chi connectivity index (χ0) is 13.8. The van der Waals surface area contributed by atoms with Gasteiger partial charge in [-0.15, -0.1) is 0 Å². The number of pyridine rings is 1. The molecule has 0 aromatic carbocycles. The Balaban J connectivity index is 2.20. The van der Waals surface area contributed by atoms with Crippen molar-refractivity contribution in [2.24, 2.45) is 0 Å². The van der Waals surface area contributed by atoms with Crippen molar-refractivity contribution in [3.8, 4) is 0 Å². The van der Waals surface area contributed by atoms with E-state index in [0.29, 0.717) is 24.9 Å². The van der Waals surface area contributed by atoms with Crippen LogP contribution in [-0.4, -0.2) is 23.4 Å². The van der Waals surface area contributed by atoms with Crippen LogP contribution in [0.2, 0.25) is 0 Å². The summed E-state index contributed by atoms with van der Waals surface area (Å²) in [6.07, 6.45) is 2.90. The number of nitrogens with zero attached hydrogens (tertiary/aromatic N) is 1. The third-order valence-electron chi connectivity index (χ3n) is 3.40. The second kappa shape index (κ2) is 5.82. The van der Waals surface area contributed by atoms with Gasteiger partial charge in [-0.25, -0.2) is 0 Å². The number of rotatable bonds is 4. The number of methoxy groups -OCH3 is 1. The Morgan fingerprint density at radius 3 is 2.84 bits per heavy atom. The SMILES string of the molecule is COC(=O)CCCn1c2c(ccc1=O)C(=O)CCC2. The van der Waals surface area contributed by atoms with Crippen molar-refractivity contribution in [1.82, 2.24) is 4.57 Å². The summed E-state index contributed by atoms with van der Waals surface area (Å²) >= 11 is 0. The van der Waals surface area contributed by atoms with E-state index in [4.69, 9.17) is 0 Å². The Morgan fingerprint density at radius 1 is 1.32 bits per heavy atom. The number of ether oxygens (including phenoxy) is 1. The number of hydrogen-bond acceptors (Lipinski definition) is 4. The normalized spacial score (nSPS) is 14.1. The van der Waals surface area contributed by atoms with Crippen LogP contribution < -0.4 is 5.56 Å². The number of carbonyl (C=O) groups excluding carboxylic acids is 2. The standard InChI is InChI=1S/C14H17NO4/c1-19-14(18)6-3-9-15-11-4-2-5-12(16)10(11)7-8-13(15)17/h7-8H,2-6,9H2,1H3. The lowest BCUT2D eigenvalue weighted by Gasteiger charge is -2.19. The van der Waals surface area contributed by atoms with Gasteiger partial charge in [-0.3, -0.25) is 14.4 Å². The minimum atomic E-state index is -0.283. The van der Waals surface area contributed by atoms with Gasteiger partial charge in [0.15, 0.2) is 5.78 Å². The van der Waals surface area contributed by atoms with Gasteiger partial charge in [-0.1, -0.05) is 0 Å². The van der Waals surface area contributed by atoms with Crippen molar-refractivity contribution in [3.63, 3.8) is 0 Å². The summed E-state index contributed by atoms with van der Waals surface area (Å²) in [5.74, 6) is -0.183. The van der Waals surface area contributed by atoms with Crippen LogP contribution in [0.25, 0.3) is 0 Å². The van der Waals surface area contributed by atoms with E-state index in [1.54, 1.807) is 10.6 Å². The van der Waals surface area contributed by atoms with Crippen molar-refractivity contribution in [2.75, 3.05) is 7.11 Å². The molecule has 19 heavy (non-hydrogen) atoms. The van der Waals surface area contributed by atoms with Gasteiger partial charge in [-0.2, -0.15) is 0 Å². The van der Waals surface area contributed by atoms with Crippen molar-refractivity contribution in [2.45, 2.75) is 38.6 Å². The highest BCUT2D eigenvalue weighted by Gasteiger charge is 2.20. The zero-order valence-electron chi connectivity index (χ0n) is 11.0. The van der Waals surface area contributed by atoms with E-state index in [0.717, 1.165) is 18.5 Å². The maximum Gasteiger partial charge on any atom is 0.305 e. The predicted molar refractivity (Wildman–Crippen MR) is 69.2 cm³/mol. The quantitative estimate of drug-likeness (QED) is 0.768. The van der Waals surface area contributed by atoms with E-state index >= 15 is 0 Å². The first-order valence-electron chi connectivity index (χ1n) is 6.46. The average molecular weight is 263 g/mol. The van der Waals surface area contributed by atoms with E-state index in [-0.39, 0.29) is 23.7 Å². The fourth-order valence-electron chi connectivity index (χ4n) is 2.42. The van der Waals surface area contributed by atoms with Crippen LogP contribution in [0.3, 0.4) is 0 Å². The highest BCUT2D eigenvalue weighted by atomic mass is 16.5. The molecule has 5 heteroatoms. The van der Waals surface area contributed by atoms with Crippen LogP contribution >= 0.6 is 0 Å². The van der Waals surface area contributed by atoms with Gasteiger partial charge in [0.25, 0.3) is 5.56 Å². The molecule has 5 nitrogen and oxygen atoms in total. The van der Waals surface area contributed by atoms with Crippen LogP contribution in [0, 0.1) is 0 Å². The van der Waals surface area contributed by atoms with Gasteiger partial charge >= 0.3 is 5.97 Å². The molecule has 1 aromatic rings. The molecule has 0 amide bonds. The molecule has 1 heterocycles. The van der Waals surface area contributed by atoms with Crippen LogP contribution in [0.5, 0.6) is 0 Å². The Kier molecular flexibility index (Phi) is 4.14. The van der Waals surface area contributed by atoms with Crippen molar-refractivity contribution < 1.29 is 14.3 Å². The highest BCUT2D eigenvalue weighted by Crippen LogP contribution is 2.19. The molecule has 0 aliphatic heterocycles. The molecule has 0 N–H and O–H groups in total. The molecule has 0 spiro atoms. The predicted octanol–water partition coefficient (Wildman–Crippen LogP) is 1.32. The Morgan fingerprint density at radius 2 is 2.11 bits per heavy atom. The first-order valence-corrected chi connectivity index (χ1v) is 6.46. The number of ketones is 1. The minimum absolute atomic E-state index is 0.1000. The molecule has 1 aliphatic carbocycles. The summed E-state index contributed by atoms with van der Waals surface area (Å²) in [6.45, 7) is 0.449. The summed E-state index contributed by atoms with van der Waals surface area (Å²) < 4.78 is 6.19. The Bertz CT molecular complexity index is 559. The third-order valence-corrected chi connectivity index (χ3v) is 3.40. The van der Waals surface area contributed by atoms with Crippen molar-refractivity contribution in [1.29, 1.82) is 0 Å². The topological polar surface area (TPSA) is 65.4 Å². The number of fused-ring (bicyclic) bond motifs is 1. The lowest BCUT2D eigenvalue weighted by atomic mass is 9.94. The van der Waals surface area contributed by atoms with Crippen LogP contribution in [0.15, 0.2) is 16.9 Å². The van der Waals surface area contributed by atoms with E-state index in [1.807, 2.05) is 0 Å². The highest BCUT2D eigenvalue weighted by molar-refractivity contribution is 5.97. The van der Waals surface area contributed by atoms with E-state index in [1.165, 1.54) is 13.2 Å². The molecule has 2 rings (SSSR count). The average Bonchev–Trinajstić information content (AvgIpc) is 2.41. The molecule has 1 aliphatic rings. The largest absolute Gasteiger partial charge is 0.469 e. The zero-order valence-corrected chi connectivity index (χ0v) is 11.0. The smallest absolute Gasteiger partial charge is 0.305 e. The monoisotopic (exact) mass is 263 g/mol. The molecule has 102 valence electrons. The molecule has 0 bridgehead atoms. The van der Waals surface area contributed by atoms with Crippen LogP contribution in [0.1, 0.15) is 41.7 Å². The molecular weight excluding hydrogens is 246 g/mol. The molecule has 1 aromatic heterocycles. The minimum Gasteiger partial charge on any atom is -0.469 e. The van der Waals surface area contributed by atoms with Gasteiger partial charge in [0.05, 0.1) is 7.11 Å². The molecule has 0 saturated carbocycles. The molecule has 0 radical (unpaired) electrons. The fraction of sp³-hybridized carbons (Fsp3) is 0.500. The first kappa shape index (κ1) is 13.5. The number of Topliss-reactive ketones (excluding diaryl/α,β-unsaturated/α-hetero) is 1. The number of aromatic nitrogens is 1. The lowest BCUT2D eigenvalue weighted by molar-refractivity contribution is -0.140. The Labute approximate surface area is 111 Å². The van der Waals surface area contributed by atoms with Gasteiger partial charge in [0, 0.05) is 36.7 Å². The summed E-state index contributed by atoms with van der Waals surface area (Å²) in [5, 5.41) is 0. The second-order valence-electron chi connectivity index (χ2n) is 4.64. The van der Waals surface area contributed by atoms with E-state index in [9.17, 15) is 14.4 Å². The Hall–Kier alpha value is -1.91. The third kappa shape index (κ3) is 2.92. The van der Waals surface area contributed by atoms with Crippen molar-refractivity contribution >= 4 is 11.8 Å². The maximum absolute atomic E-state index is 11.9. The van der Waals surface area contributed by atoms with Crippen molar-refractivity contribution in [3.05, 3.63) is 33.7 Å². The molecule has 0 saturated heterocycles. The van der Waals surface area contributed by atoms with E-state index < -0.39 is 0 Å². The second-order valence-corrected chi connectivity index (χ2v) is 4.64. The molecule has 0 unspecified atom stereocenters. The van der Waals surface area contributed by atoms with E-state index in [2.05, 4.69) is 4.74 Å². The molecule has 0 fully saturated rings. The number of carbonyl (C=O) groups is 2. The van der Waals surface area contributed by atoms with Gasteiger partial charge in [0.2, 0.25) is 0 Å². The number of esters is 1. The van der Waals surface area contributed by atoms with Gasteiger partial charge < -0.3 is 9.30 Å². The van der Waals surface area contributed by atoms with Gasteiger partial charge in [-0.05, 0) is 25.3 Å².